The van der Waals surface area contributed by atoms with Crippen LogP contribution < -0.4 is 0 Å². The maximum absolute atomic E-state index is 11.1. The van der Waals surface area contributed by atoms with Gasteiger partial charge >= 0.3 is 5.97 Å². The third-order valence-corrected chi connectivity index (χ3v) is 3.19. The van der Waals surface area contributed by atoms with Crippen molar-refractivity contribution < 1.29 is 9.90 Å². The zero-order valence-corrected chi connectivity index (χ0v) is 10.5. The summed E-state index contributed by atoms with van der Waals surface area (Å²) in [4.78, 5) is 11.1. The van der Waals surface area contributed by atoms with E-state index in [1.54, 1.807) is 12.3 Å². The normalized spacial score (nSPS) is 10.8. The van der Waals surface area contributed by atoms with E-state index in [0.717, 1.165) is 16.8 Å². The Morgan fingerprint density at radius 3 is 2.63 bits per heavy atom. The lowest BCUT2D eigenvalue weighted by Crippen LogP contribution is -1.93. The predicted octanol–water partition coefficient (Wildman–Crippen LogP) is 3.61. The maximum Gasteiger partial charge on any atom is 0.337 e. The van der Waals surface area contributed by atoms with E-state index in [4.69, 9.17) is 5.11 Å². The van der Waals surface area contributed by atoms with Gasteiger partial charge < -0.3 is 9.51 Å². The number of hydrogen-bond acceptors (Lipinski definition) is 1. The third kappa shape index (κ3) is 1.99. The molecule has 3 heteroatoms. The van der Waals surface area contributed by atoms with Gasteiger partial charge in [-0.1, -0.05) is 29.8 Å². The second-order valence-electron chi connectivity index (χ2n) is 4.61. The number of carboxylic acid groups (broad SMARTS) is 1. The standard InChI is InChI=1S/C16H13NO2/c1-11-4-2-5-12(8-11)15-7-3-6-14-9-13(16(18)19)10-17(14)15/h2-10H,1H3,(H,18,19). The Bertz CT molecular complexity index is 771. The highest BCUT2D eigenvalue weighted by Crippen LogP contribution is 2.23. The Labute approximate surface area is 110 Å². The van der Waals surface area contributed by atoms with Gasteiger partial charge in [0.15, 0.2) is 0 Å². The molecule has 19 heavy (non-hydrogen) atoms. The van der Waals surface area contributed by atoms with E-state index in [1.165, 1.54) is 5.56 Å². The van der Waals surface area contributed by atoms with Crippen molar-refractivity contribution in [2.75, 3.05) is 0 Å². The summed E-state index contributed by atoms with van der Waals surface area (Å²) < 4.78 is 1.91. The number of rotatable bonds is 2. The van der Waals surface area contributed by atoms with Gasteiger partial charge in [0.1, 0.15) is 0 Å². The number of benzene rings is 1. The molecule has 2 aromatic heterocycles. The Hall–Kier alpha value is -2.55. The summed E-state index contributed by atoms with van der Waals surface area (Å²) in [7, 11) is 0. The van der Waals surface area contributed by atoms with E-state index in [9.17, 15) is 4.79 Å². The highest BCUT2D eigenvalue weighted by Gasteiger charge is 2.09. The van der Waals surface area contributed by atoms with Gasteiger partial charge in [0.2, 0.25) is 0 Å². The van der Waals surface area contributed by atoms with Crippen LogP contribution in [0.25, 0.3) is 16.8 Å². The molecule has 0 atom stereocenters. The van der Waals surface area contributed by atoms with Crippen molar-refractivity contribution in [3.05, 3.63) is 65.9 Å². The third-order valence-electron chi connectivity index (χ3n) is 3.19. The molecule has 0 saturated carbocycles. The molecule has 0 saturated heterocycles. The van der Waals surface area contributed by atoms with Gasteiger partial charge in [0.05, 0.1) is 11.3 Å². The molecule has 94 valence electrons. The maximum atomic E-state index is 11.1. The molecule has 0 aliphatic heterocycles. The van der Waals surface area contributed by atoms with Gasteiger partial charge in [0, 0.05) is 11.7 Å². The minimum Gasteiger partial charge on any atom is -0.478 e. The summed E-state index contributed by atoms with van der Waals surface area (Å²) in [5.41, 5.74) is 4.45. The van der Waals surface area contributed by atoms with E-state index in [2.05, 4.69) is 6.07 Å². The van der Waals surface area contributed by atoms with Gasteiger partial charge in [-0.3, -0.25) is 0 Å². The van der Waals surface area contributed by atoms with Crippen molar-refractivity contribution in [1.29, 1.82) is 0 Å². The van der Waals surface area contributed by atoms with Gasteiger partial charge in [-0.25, -0.2) is 4.79 Å². The van der Waals surface area contributed by atoms with Crippen molar-refractivity contribution >= 4 is 11.5 Å². The van der Waals surface area contributed by atoms with Crippen molar-refractivity contribution in [2.45, 2.75) is 6.92 Å². The Morgan fingerprint density at radius 1 is 1.11 bits per heavy atom. The molecular formula is C16H13NO2. The van der Waals surface area contributed by atoms with E-state index < -0.39 is 5.97 Å². The average Bonchev–Trinajstić information content (AvgIpc) is 2.82. The van der Waals surface area contributed by atoms with Crippen molar-refractivity contribution in [3.8, 4) is 11.3 Å². The second kappa shape index (κ2) is 4.28. The highest BCUT2D eigenvalue weighted by molar-refractivity contribution is 5.90. The number of carboxylic acids is 1. The fraction of sp³-hybridized carbons (Fsp3) is 0.0625. The van der Waals surface area contributed by atoms with Crippen molar-refractivity contribution in [1.82, 2.24) is 4.40 Å². The van der Waals surface area contributed by atoms with Crippen molar-refractivity contribution in [2.24, 2.45) is 0 Å². The van der Waals surface area contributed by atoms with E-state index in [-0.39, 0.29) is 0 Å². The first-order valence-corrected chi connectivity index (χ1v) is 6.06. The summed E-state index contributed by atoms with van der Waals surface area (Å²) >= 11 is 0. The minimum atomic E-state index is -0.904. The number of aromatic nitrogens is 1. The lowest BCUT2D eigenvalue weighted by molar-refractivity contribution is 0.0697. The SMILES string of the molecule is Cc1cccc(-c2cccc3cc(C(=O)O)cn23)c1. The fourth-order valence-electron chi connectivity index (χ4n) is 2.29. The molecule has 0 radical (unpaired) electrons. The average molecular weight is 251 g/mol. The molecule has 0 bridgehead atoms. The summed E-state index contributed by atoms with van der Waals surface area (Å²) in [6.45, 7) is 2.04. The zero-order valence-electron chi connectivity index (χ0n) is 10.5. The molecule has 3 nitrogen and oxygen atoms in total. The molecule has 3 rings (SSSR count). The first kappa shape index (κ1) is 11.5. The van der Waals surface area contributed by atoms with Crippen LogP contribution in [-0.4, -0.2) is 15.5 Å². The largest absolute Gasteiger partial charge is 0.478 e. The van der Waals surface area contributed by atoms with Gasteiger partial charge in [-0.2, -0.15) is 0 Å². The smallest absolute Gasteiger partial charge is 0.337 e. The van der Waals surface area contributed by atoms with Crippen LogP contribution in [0.15, 0.2) is 54.7 Å². The molecular weight excluding hydrogens is 238 g/mol. The first-order chi connectivity index (χ1) is 9.15. The number of carbonyl (C=O) groups is 1. The van der Waals surface area contributed by atoms with Gasteiger partial charge in [-0.15, -0.1) is 0 Å². The van der Waals surface area contributed by atoms with Crippen LogP contribution in [0, 0.1) is 6.92 Å². The Balaban J connectivity index is 2.26. The summed E-state index contributed by atoms with van der Waals surface area (Å²) in [5.74, 6) is -0.904. The summed E-state index contributed by atoms with van der Waals surface area (Å²) in [5, 5.41) is 9.08. The van der Waals surface area contributed by atoms with E-state index in [0.29, 0.717) is 5.56 Å². The molecule has 1 aromatic carbocycles. The molecule has 0 amide bonds. The molecule has 0 aliphatic rings. The van der Waals surface area contributed by atoms with Crippen LogP contribution in [0.2, 0.25) is 0 Å². The molecule has 0 unspecified atom stereocenters. The van der Waals surface area contributed by atoms with Crippen LogP contribution in [0.3, 0.4) is 0 Å². The lowest BCUT2D eigenvalue weighted by atomic mass is 10.1. The molecule has 2 heterocycles. The van der Waals surface area contributed by atoms with Crippen molar-refractivity contribution in [3.63, 3.8) is 0 Å². The molecule has 0 fully saturated rings. The topological polar surface area (TPSA) is 41.7 Å². The quantitative estimate of drug-likeness (QED) is 0.756. The first-order valence-electron chi connectivity index (χ1n) is 6.06. The number of nitrogens with zero attached hydrogens (tertiary/aromatic N) is 1. The second-order valence-corrected chi connectivity index (χ2v) is 4.61. The molecule has 3 aromatic rings. The van der Waals surface area contributed by atoms with Crippen LogP contribution >= 0.6 is 0 Å². The zero-order chi connectivity index (χ0) is 13.4. The predicted molar refractivity (Wildman–Crippen MR) is 74.5 cm³/mol. The minimum absolute atomic E-state index is 0.306. The summed E-state index contributed by atoms with van der Waals surface area (Å²) in [6, 6.07) is 15.7. The lowest BCUT2D eigenvalue weighted by Gasteiger charge is -2.07. The number of aromatic carboxylic acids is 1. The summed E-state index contributed by atoms with van der Waals surface area (Å²) in [6.07, 6.45) is 1.66. The molecule has 1 N–H and O–H groups in total. The van der Waals surface area contributed by atoms with Crippen LogP contribution in [0.5, 0.6) is 0 Å². The highest BCUT2D eigenvalue weighted by atomic mass is 16.4. The van der Waals surface area contributed by atoms with Crippen LogP contribution in [0.4, 0.5) is 0 Å². The molecule has 0 spiro atoms. The molecule has 0 aliphatic carbocycles. The van der Waals surface area contributed by atoms with E-state index >= 15 is 0 Å². The number of aryl methyl sites for hydroxylation is 1. The van der Waals surface area contributed by atoms with Crippen LogP contribution in [0.1, 0.15) is 15.9 Å². The van der Waals surface area contributed by atoms with Crippen LogP contribution in [-0.2, 0) is 0 Å². The Morgan fingerprint density at radius 2 is 1.89 bits per heavy atom. The Kier molecular flexibility index (Phi) is 2.60. The monoisotopic (exact) mass is 251 g/mol. The fourth-order valence-corrected chi connectivity index (χ4v) is 2.29. The number of hydrogen-bond donors (Lipinski definition) is 1. The van der Waals surface area contributed by atoms with E-state index in [1.807, 2.05) is 47.7 Å². The van der Waals surface area contributed by atoms with Gasteiger partial charge in [-0.05, 0) is 36.8 Å². The van der Waals surface area contributed by atoms with Gasteiger partial charge in [0.25, 0.3) is 0 Å². The number of fused-ring (bicyclic) bond motifs is 1. The number of pyridine rings is 1.